The van der Waals surface area contributed by atoms with E-state index in [9.17, 15) is 4.79 Å². The molecule has 18 heavy (non-hydrogen) atoms. The average molecular weight is 259 g/mol. The number of hydrogen-bond acceptors (Lipinski definition) is 2. The molecule has 1 aromatic carbocycles. The molecule has 0 unspecified atom stereocenters. The molecule has 90 valence electrons. The molecule has 2 aromatic rings. The second-order valence-electron chi connectivity index (χ2n) is 4.16. The molecule has 0 spiro atoms. The van der Waals surface area contributed by atoms with Crippen LogP contribution in [0.4, 0.5) is 5.69 Å². The minimum atomic E-state index is -0.0301. The van der Waals surface area contributed by atoms with Crippen LogP contribution in [0.5, 0.6) is 0 Å². The molecule has 0 saturated heterocycles. The van der Waals surface area contributed by atoms with E-state index in [4.69, 9.17) is 11.6 Å². The van der Waals surface area contributed by atoms with Crippen LogP contribution in [0.25, 0.3) is 0 Å². The van der Waals surface area contributed by atoms with Gasteiger partial charge in [-0.25, -0.2) is 0 Å². The quantitative estimate of drug-likeness (QED) is 0.788. The molecule has 0 radical (unpaired) electrons. The molecule has 1 aliphatic rings. The molecule has 0 aliphatic carbocycles. The van der Waals surface area contributed by atoms with E-state index in [0.717, 1.165) is 17.8 Å². The van der Waals surface area contributed by atoms with E-state index < -0.39 is 0 Å². The smallest absolute Gasteiger partial charge is 0.260 e. The summed E-state index contributed by atoms with van der Waals surface area (Å²) in [6.07, 6.45) is 2.48. The fourth-order valence-corrected chi connectivity index (χ4v) is 2.43. The summed E-state index contributed by atoms with van der Waals surface area (Å²) < 4.78 is 0. The molecule has 0 N–H and O–H groups in total. The number of fused-ring (bicyclic) bond motifs is 1. The van der Waals surface area contributed by atoms with Gasteiger partial charge in [0.25, 0.3) is 5.91 Å². The van der Waals surface area contributed by atoms with Crippen molar-refractivity contribution < 1.29 is 4.79 Å². The fourth-order valence-electron chi connectivity index (χ4n) is 2.20. The van der Waals surface area contributed by atoms with Gasteiger partial charge in [0.15, 0.2) is 0 Å². The highest BCUT2D eigenvalue weighted by atomic mass is 35.5. The number of pyridine rings is 1. The van der Waals surface area contributed by atoms with Crippen LogP contribution in [0, 0.1) is 0 Å². The fraction of sp³-hybridized carbons (Fsp3) is 0.143. The first kappa shape index (κ1) is 11.2. The van der Waals surface area contributed by atoms with Gasteiger partial charge in [-0.15, -0.1) is 0 Å². The number of carbonyl (C=O) groups is 1. The number of amides is 1. The Hall–Kier alpha value is -1.87. The molecular formula is C14H11ClN2O. The molecule has 1 amide bonds. The summed E-state index contributed by atoms with van der Waals surface area (Å²) in [7, 11) is 0. The maximum absolute atomic E-state index is 12.4. The summed E-state index contributed by atoms with van der Waals surface area (Å²) in [5.74, 6) is -0.0301. The molecule has 3 nitrogen and oxygen atoms in total. The van der Waals surface area contributed by atoms with Gasteiger partial charge < -0.3 is 4.90 Å². The highest BCUT2D eigenvalue weighted by Gasteiger charge is 2.26. The predicted octanol–water partition coefficient (Wildman–Crippen LogP) is 2.94. The van der Waals surface area contributed by atoms with Crippen LogP contribution in [0.1, 0.15) is 16.1 Å². The molecule has 0 saturated carbocycles. The number of aromatic nitrogens is 1. The first-order valence-electron chi connectivity index (χ1n) is 5.77. The monoisotopic (exact) mass is 258 g/mol. The van der Waals surface area contributed by atoms with Crippen LogP contribution in [0.2, 0.25) is 5.02 Å². The van der Waals surface area contributed by atoms with Crippen LogP contribution in [0.3, 0.4) is 0 Å². The zero-order valence-electron chi connectivity index (χ0n) is 9.64. The van der Waals surface area contributed by atoms with Crippen molar-refractivity contribution in [3.05, 3.63) is 58.9 Å². The van der Waals surface area contributed by atoms with Crippen LogP contribution >= 0.6 is 11.6 Å². The Morgan fingerprint density at radius 3 is 2.83 bits per heavy atom. The van der Waals surface area contributed by atoms with Crippen LogP contribution in [-0.2, 0) is 6.42 Å². The first-order chi connectivity index (χ1) is 8.77. The third-order valence-electron chi connectivity index (χ3n) is 3.08. The molecule has 4 heteroatoms. The van der Waals surface area contributed by atoms with Crippen molar-refractivity contribution >= 4 is 23.2 Å². The Labute approximate surface area is 110 Å². The lowest BCUT2D eigenvalue weighted by molar-refractivity contribution is 0.0980. The van der Waals surface area contributed by atoms with Crippen molar-refractivity contribution in [2.24, 2.45) is 0 Å². The molecule has 3 rings (SSSR count). The predicted molar refractivity (Wildman–Crippen MR) is 71.1 cm³/mol. The standard InChI is InChI=1S/C14H11ClN2O/c15-11-5-1-2-6-13(11)17-9-7-12-10(14(17)18)4-3-8-16-12/h1-6,8H,7,9H2. The minimum absolute atomic E-state index is 0.0301. The molecule has 1 aromatic heterocycles. The SMILES string of the molecule is O=C1c2cccnc2CCN1c1ccccc1Cl. The van der Waals surface area contributed by atoms with Gasteiger partial charge in [-0.05, 0) is 24.3 Å². The van der Waals surface area contributed by atoms with Gasteiger partial charge in [0.1, 0.15) is 0 Å². The maximum atomic E-state index is 12.4. The van der Waals surface area contributed by atoms with Gasteiger partial charge in [-0.1, -0.05) is 23.7 Å². The molecular weight excluding hydrogens is 248 g/mol. The van der Waals surface area contributed by atoms with Crippen LogP contribution in [-0.4, -0.2) is 17.4 Å². The van der Waals surface area contributed by atoms with Crippen molar-refractivity contribution in [1.82, 2.24) is 4.98 Å². The largest absolute Gasteiger partial charge is 0.306 e. The normalized spacial score (nSPS) is 14.5. The molecule has 0 atom stereocenters. The Bertz CT molecular complexity index is 612. The number of benzene rings is 1. The van der Waals surface area contributed by atoms with Gasteiger partial charge in [0.05, 0.1) is 22.0 Å². The summed E-state index contributed by atoms with van der Waals surface area (Å²) in [5.41, 5.74) is 2.30. The van der Waals surface area contributed by atoms with Crippen molar-refractivity contribution in [2.75, 3.05) is 11.4 Å². The Morgan fingerprint density at radius 2 is 2.00 bits per heavy atom. The lowest BCUT2D eigenvalue weighted by Gasteiger charge is -2.28. The summed E-state index contributed by atoms with van der Waals surface area (Å²) in [4.78, 5) is 18.4. The molecule has 1 aliphatic heterocycles. The third-order valence-corrected chi connectivity index (χ3v) is 3.40. The molecule has 0 bridgehead atoms. The molecule has 2 heterocycles. The highest BCUT2D eigenvalue weighted by Crippen LogP contribution is 2.29. The second kappa shape index (κ2) is 4.42. The number of nitrogens with zero attached hydrogens (tertiary/aromatic N) is 2. The van der Waals surface area contributed by atoms with E-state index in [1.165, 1.54) is 0 Å². The highest BCUT2D eigenvalue weighted by molar-refractivity contribution is 6.34. The van der Waals surface area contributed by atoms with Crippen molar-refractivity contribution in [3.63, 3.8) is 0 Å². The zero-order valence-corrected chi connectivity index (χ0v) is 10.4. The van der Waals surface area contributed by atoms with Crippen LogP contribution < -0.4 is 4.90 Å². The first-order valence-corrected chi connectivity index (χ1v) is 6.15. The third kappa shape index (κ3) is 1.77. The summed E-state index contributed by atoms with van der Waals surface area (Å²) >= 11 is 6.14. The zero-order chi connectivity index (χ0) is 12.5. The van der Waals surface area contributed by atoms with Gasteiger partial charge >= 0.3 is 0 Å². The maximum Gasteiger partial charge on any atom is 0.260 e. The van der Waals surface area contributed by atoms with Gasteiger partial charge in [0.2, 0.25) is 0 Å². The topological polar surface area (TPSA) is 33.2 Å². The van der Waals surface area contributed by atoms with E-state index in [0.29, 0.717) is 17.1 Å². The number of carbonyl (C=O) groups excluding carboxylic acids is 1. The van der Waals surface area contributed by atoms with Crippen molar-refractivity contribution in [1.29, 1.82) is 0 Å². The summed E-state index contributed by atoms with van der Waals surface area (Å²) in [6, 6.07) is 11.0. The lowest BCUT2D eigenvalue weighted by atomic mass is 10.0. The van der Waals surface area contributed by atoms with Gasteiger partial charge in [-0.2, -0.15) is 0 Å². The number of halogens is 1. The Morgan fingerprint density at radius 1 is 1.17 bits per heavy atom. The van der Waals surface area contributed by atoms with E-state index in [2.05, 4.69) is 4.98 Å². The summed E-state index contributed by atoms with van der Waals surface area (Å²) in [5, 5.41) is 0.596. The number of hydrogen-bond donors (Lipinski definition) is 0. The number of rotatable bonds is 1. The Kier molecular flexibility index (Phi) is 2.76. The van der Waals surface area contributed by atoms with Gasteiger partial charge in [-0.3, -0.25) is 9.78 Å². The van der Waals surface area contributed by atoms with E-state index >= 15 is 0 Å². The summed E-state index contributed by atoms with van der Waals surface area (Å²) in [6.45, 7) is 0.618. The minimum Gasteiger partial charge on any atom is -0.306 e. The van der Waals surface area contributed by atoms with Crippen LogP contribution in [0.15, 0.2) is 42.6 Å². The second-order valence-corrected chi connectivity index (χ2v) is 4.56. The molecule has 0 fully saturated rings. The van der Waals surface area contributed by atoms with Gasteiger partial charge in [0, 0.05) is 19.2 Å². The lowest BCUT2D eigenvalue weighted by Crippen LogP contribution is -2.38. The van der Waals surface area contributed by atoms with E-state index in [1.54, 1.807) is 23.2 Å². The van der Waals surface area contributed by atoms with Crippen molar-refractivity contribution in [2.45, 2.75) is 6.42 Å². The number of anilines is 1. The van der Waals surface area contributed by atoms with Crippen molar-refractivity contribution in [3.8, 4) is 0 Å². The average Bonchev–Trinajstić information content (AvgIpc) is 2.41. The Balaban J connectivity index is 2.03. The number of para-hydroxylation sites is 1. The van der Waals surface area contributed by atoms with E-state index in [1.807, 2.05) is 24.3 Å². The van der Waals surface area contributed by atoms with E-state index in [-0.39, 0.29) is 5.91 Å².